The Morgan fingerprint density at radius 3 is 3.25 bits per heavy atom. The lowest BCUT2D eigenvalue weighted by Gasteiger charge is -2.28. The summed E-state index contributed by atoms with van der Waals surface area (Å²) in [7, 11) is 0. The summed E-state index contributed by atoms with van der Waals surface area (Å²) in [5.41, 5.74) is 0.948. The van der Waals surface area contributed by atoms with Gasteiger partial charge in [-0.25, -0.2) is 9.97 Å². The minimum atomic E-state index is -0.272. The van der Waals surface area contributed by atoms with Gasteiger partial charge in [-0.3, -0.25) is 0 Å². The standard InChI is InChI=1S/C11H18N4O/c1-8-2-5-13-11(15-8)14-6-9-3-4-12-7-10(9)16/h2,5,9-10,12,16H,3-4,6-7H2,1H3,(H,13,14,15)/t9-,10+/m0/s1. The average molecular weight is 222 g/mol. The maximum atomic E-state index is 9.76. The van der Waals surface area contributed by atoms with Gasteiger partial charge in [0.2, 0.25) is 5.95 Å². The van der Waals surface area contributed by atoms with Crippen molar-refractivity contribution in [2.24, 2.45) is 5.92 Å². The summed E-state index contributed by atoms with van der Waals surface area (Å²) in [4.78, 5) is 8.39. The van der Waals surface area contributed by atoms with Crippen molar-refractivity contribution in [2.45, 2.75) is 19.4 Å². The van der Waals surface area contributed by atoms with Gasteiger partial charge >= 0.3 is 0 Å². The number of anilines is 1. The largest absolute Gasteiger partial charge is 0.391 e. The fraction of sp³-hybridized carbons (Fsp3) is 0.636. The Labute approximate surface area is 95.3 Å². The van der Waals surface area contributed by atoms with E-state index in [-0.39, 0.29) is 12.0 Å². The molecule has 0 saturated carbocycles. The van der Waals surface area contributed by atoms with Crippen molar-refractivity contribution in [3.63, 3.8) is 0 Å². The third kappa shape index (κ3) is 2.90. The van der Waals surface area contributed by atoms with Gasteiger partial charge in [0, 0.05) is 30.9 Å². The number of nitrogens with zero attached hydrogens (tertiary/aromatic N) is 2. The van der Waals surface area contributed by atoms with Gasteiger partial charge in [0.15, 0.2) is 0 Å². The number of piperidine rings is 1. The zero-order valence-electron chi connectivity index (χ0n) is 9.48. The molecule has 1 aliphatic heterocycles. The van der Waals surface area contributed by atoms with Crippen molar-refractivity contribution in [3.05, 3.63) is 18.0 Å². The molecule has 0 aromatic carbocycles. The van der Waals surface area contributed by atoms with E-state index in [0.717, 1.165) is 25.2 Å². The van der Waals surface area contributed by atoms with E-state index in [2.05, 4.69) is 20.6 Å². The lowest BCUT2D eigenvalue weighted by molar-refractivity contribution is 0.0883. The zero-order chi connectivity index (χ0) is 11.4. The summed E-state index contributed by atoms with van der Waals surface area (Å²) in [5, 5.41) is 16.1. The molecule has 5 heteroatoms. The van der Waals surface area contributed by atoms with Gasteiger partial charge in [-0.15, -0.1) is 0 Å². The van der Waals surface area contributed by atoms with Crippen LogP contribution in [0.5, 0.6) is 0 Å². The summed E-state index contributed by atoms with van der Waals surface area (Å²) >= 11 is 0. The number of nitrogens with one attached hydrogen (secondary N) is 2. The highest BCUT2D eigenvalue weighted by atomic mass is 16.3. The maximum Gasteiger partial charge on any atom is 0.222 e. The van der Waals surface area contributed by atoms with E-state index >= 15 is 0 Å². The van der Waals surface area contributed by atoms with E-state index in [0.29, 0.717) is 12.5 Å². The van der Waals surface area contributed by atoms with Crippen molar-refractivity contribution in [1.82, 2.24) is 15.3 Å². The molecular weight excluding hydrogens is 204 g/mol. The smallest absolute Gasteiger partial charge is 0.222 e. The summed E-state index contributed by atoms with van der Waals surface area (Å²) in [6.45, 7) is 4.32. The first-order chi connectivity index (χ1) is 7.75. The predicted molar refractivity (Wildman–Crippen MR) is 62.2 cm³/mol. The minimum absolute atomic E-state index is 0.272. The van der Waals surface area contributed by atoms with E-state index in [1.54, 1.807) is 6.20 Å². The molecule has 1 fully saturated rings. The number of β-amino-alcohol motifs (C(OH)–C–C–N with tert-alkyl or cyclic N) is 1. The molecule has 2 heterocycles. The van der Waals surface area contributed by atoms with Gasteiger partial charge in [-0.2, -0.15) is 0 Å². The average Bonchev–Trinajstić information content (AvgIpc) is 2.28. The third-order valence-electron chi connectivity index (χ3n) is 2.91. The Hall–Kier alpha value is -1.20. The Bertz CT molecular complexity index is 345. The van der Waals surface area contributed by atoms with Crippen LogP contribution >= 0.6 is 0 Å². The first-order valence-electron chi connectivity index (χ1n) is 5.68. The lowest BCUT2D eigenvalue weighted by Crippen LogP contribution is -2.43. The SMILES string of the molecule is Cc1ccnc(NC[C@@H]2CCNC[C@H]2O)n1. The van der Waals surface area contributed by atoms with Crippen LogP contribution in [0.25, 0.3) is 0 Å². The second-order valence-electron chi connectivity index (χ2n) is 4.22. The van der Waals surface area contributed by atoms with Crippen LogP contribution in [0.4, 0.5) is 5.95 Å². The number of aliphatic hydroxyl groups is 1. The van der Waals surface area contributed by atoms with Gasteiger partial charge in [-0.05, 0) is 26.0 Å². The van der Waals surface area contributed by atoms with E-state index < -0.39 is 0 Å². The van der Waals surface area contributed by atoms with Crippen LogP contribution in [0.1, 0.15) is 12.1 Å². The first kappa shape index (κ1) is 11.3. The molecule has 1 aromatic heterocycles. The Morgan fingerprint density at radius 1 is 1.62 bits per heavy atom. The number of hydrogen-bond donors (Lipinski definition) is 3. The van der Waals surface area contributed by atoms with Crippen molar-refractivity contribution < 1.29 is 5.11 Å². The third-order valence-corrected chi connectivity index (χ3v) is 2.91. The van der Waals surface area contributed by atoms with Crippen LogP contribution in [0, 0.1) is 12.8 Å². The van der Waals surface area contributed by atoms with E-state index in [1.165, 1.54) is 0 Å². The molecule has 3 N–H and O–H groups in total. The van der Waals surface area contributed by atoms with Crippen molar-refractivity contribution >= 4 is 5.95 Å². The molecule has 0 aliphatic carbocycles. The van der Waals surface area contributed by atoms with Crippen LogP contribution in [0.3, 0.4) is 0 Å². The van der Waals surface area contributed by atoms with Crippen LogP contribution in [0.2, 0.25) is 0 Å². The van der Waals surface area contributed by atoms with Crippen molar-refractivity contribution in [3.8, 4) is 0 Å². The van der Waals surface area contributed by atoms with Crippen LogP contribution in [0.15, 0.2) is 12.3 Å². The Morgan fingerprint density at radius 2 is 2.50 bits per heavy atom. The van der Waals surface area contributed by atoms with Crippen molar-refractivity contribution in [2.75, 3.05) is 25.0 Å². The van der Waals surface area contributed by atoms with Crippen LogP contribution in [-0.2, 0) is 0 Å². The molecule has 0 unspecified atom stereocenters. The number of rotatable bonds is 3. The minimum Gasteiger partial charge on any atom is -0.391 e. The highest BCUT2D eigenvalue weighted by molar-refractivity contribution is 5.24. The molecular formula is C11H18N4O. The number of hydrogen-bond acceptors (Lipinski definition) is 5. The fourth-order valence-electron chi connectivity index (χ4n) is 1.89. The molecule has 2 rings (SSSR count). The summed E-state index contributed by atoms with van der Waals surface area (Å²) < 4.78 is 0. The molecule has 0 bridgehead atoms. The molecule has 5 nitrogen and oxygen atoms in total. The molecule has 0 amide bonds. The molecule has 2 atom stereocenters. The predicted octanol–water partition coefficient (Wildman–Crippen LogP) is 0.167. The highest BCUT2D eigenvalue weighted by Crippen LogP contribution is 2.13. The lowest BCUT2D eigenvalue weighted by atomic mass is 9.95. The van der Waals surface area contributed by atoms with Crippen molar-refractivity contribution in [1.29, 1.82) is 0 Å². The topological polar surface area (TPSA) is 70.1 Å². The molecule has 16 heavy (non-hydrogen) atoms. The molecule has 88 valence electrons. The van der Waals surface area contributed by atoms with Gasteiger partial charge in [0.25, 0.3) is 0 Å². The number of aromatic nitrogens is 2. The summed E-state index contributed by atoms with van der Waals surface area (Å²) in [6, 6.07) is 1.87. The molecule has 1 aliphatic rings. The van der Waals surface area contributed by atoms with Crippen LogP contribution < -0.4 is 10.6 Å². The van der Waals surface area contributed by atoms with E-state index in [9.17, 15) is 5.11 Å². The zero-order valence-corrected chi connectivity index (χ0v) is 9.48. The Balaban J connectivity index is 1.86. The van der Waals surface area contributed by atoms with Crippen LogP contribution in [-0.4, -0.2) is 40.8 Å². The van der Waals surface area contributed by atoms with Gasteiger partial charge in [0.05, 0.1) is 6.10 Å². The van der Waals surface area contributed by atoms with E-state index in [1.807, 2.05) is 13.0 Å². The maximum absolute atomic E-state index is 9.76. The number of aliphatic hydroxyl groups excluding tert-OH is 1. The van der Waals surface area contributed by atoms with Gasteiger partial charge in [-0.1, -0.05) is 0 Å². The number of aryl methyl sites for hydroxylation is 1. The normalized spacial score (nSPS) is 25.4. The van der Waals surface area contributed by atoms with Gasteiger partial charge < -0.3 is 15.7 Å². The quantitative estimate of drug-likeness (QED) is 0.680. The summed E-state index contributed by atoms with van der Waals surface area (Å²) in [5.74, 6) is 0.927. The Kier molecular flexibility index (Phi) is 3.69. The molecule has 1 aromatic rings. The first-order valence-corrected chi connectivity index (χ1v) is 5.68. The molecule has 0 radical (unpaired) electrons. The second kappa shape index (κ2) is 5.23. The van der Waals surface area contributed by atoms with E-state index in [4.69, 9.17) is 0 Å². The molecule has 1 saturated heterocycles. The fourth-order valence-corrected chi connectivity index (χ4v) is 1.89. The summed E-state index contributed by atoms with van der Waals surface area (Å²) in [6.07, 6.45) is 2.45. The van der Waals surface area contributed by atoms with Gasteiger partial charge in [0.1, 0.15) is 0 Å². The molecule has 0 spiro atoms. The second-order valence-corrected chi connectivity index (χ2v) is 4.22. The monoisotopic (exact) mass is 222 g/mol. The highest BCUT2D eigenvalue weighted by Gasteiger charge is 2.22.